The zero-order chi connectivity index (χ0) is 9.84. The van der Waals surface area contributed by atoms with E-state index >= 15 is 0 Å². The van der Waals surface area contributed by atoms with Gasteiger partial charge in [0.25, 0.3) is 12.3 Å². The first kappa shape index (κ1) is 9.70. The van der Waals surface area contributed by atoms with Crippen LogP contribution in [0.1, 0.15) is 16.3 Å². The van der Waals surface area contributed by atoms with Gasteiger partial charge < -0.3 is 9.73 Å². The number of aryl methyl sites for hydroxylation is 1. The van der Waals surface area contributed by atoms with Gasteiger partial charge in [-0.3, -0.25) is 4.79 Å². The molecule has 0 aliphatic carbocycles. The molecule has 0 aromatic carbocycles. The Morgan fingerprint density at radius 3 is 2.77 bits per heavy atom. The van der Waals surface area contributed by atoms with Gasteiger partial charge in [0.05, 0.1) is 6.54 Å². The van der Waals surface area contributed by atoms with Gasteiger partial charge in [0.1, 0.15) is 5.76 Å². The van der Waals surface area contributed by atoms with E-state index in [1.807, 2.05) is 5.32 Å². The predicted octanol–water partition coefficient (Wildman–Crippen LogP) is 1.58. The number of hydrogen-bond donors (Lipinski definition) is 1. The maximum atomic E-state index is 11.7. The van der Waals surface area contributed by atoms with Crippen molar-refractivity contribution in [1.29, 1.82) is 0 Å². The van der Waals surface area contributed by atoms with Gasteiger partial charge in [-0.25, -0.2) is 8.78 Å². The van der Waals surface area contributed by atoms with Crippen LogP contribution in [0.15, 0.2) is 16.5 Å². The van der Waals surface area contributed by atoms with Crippen LogP contribution in [-0.4, -0.2) is 18.9 Å². The van der Waals surface area contributed by atoms with Crippen LogP contribution in [0.4, 0.5) is 8.78 Å². The van der Waals surface area contributed by atoms with Crippen molar-refractivity contribution in [2.75, 3.05) is 6.54 Å². The van der Waals surface area contributed by atoms with E-state index in [0.29, 0.717) is 5.76 Å². The molecule has 0 spiro atoms. The Labute approximate surface area is 73.7 Å². The highest BCUT2D eigenvalue weighted by atomic mass is 19.3. The summed E-state index contributed by atoms with van der Waals surface area (Å²) in [6.07, 6.45) is -2.54. The zero-order valence-electron chi connectivity index (χ0n) is 7.01. The number of hydrogen-bond acceptors (Lipinski definition) is 2. The Bertz CT molecular complexity index is 296. The lowest BCUT2D eigenvalue weighted by Crippen LogP contribution is -2.28. The van der Waals surface area contributed by atoms with Crippen LogP contribution in [0.25, 0.3) is 0 Å². The van der Waals surface area contributed by atoms with E-state index in [1.54, 1.807) is 13.0 Å². The lowest BCUT2D eigenvalue weighted by molar-refractivity contribution is 0.0864. The smallest absolute Gasteiger partial charge is 0.287 e. The van der Waals surface area contributed by atoms with E-state index in [-0.39, 0.29) is 5.76 Å². The minimum atomic E-state index is -2.54. The summed E-state index contributed by atoms with van der Waals surface area (Å²) in [5.41, 5.74) is 0. The van der Waals surface area contributed by atoms with Gasteiger partial charge in [-0.1, -0.05) is 0 Å². The SMILES string of the molecule is Cc1ccc(C(=O)NCC(F)F)o1. The summed E-state index contributed by atoms with van der Waals surface area (Å²) in [6.45, 7) is 1.02. The van der Waals surface area contributed by atoms with Crippen molar-refractivity contribution in [3.63, 3.8) is 0 Å². The van der Waals surface area contributed by atoms with Gasteiger partial charge in [-0.05, 0) is 19.1 Å². The lowest BCUT2D eigenvalue weighted by atomic mass is 10.4. The van der Waals surface area contributed by atoms with Crippen LogP contribution in [0, 0.1) is 6.92 Å². The van der Waals surface area contributed by atoms with Crippen molar-refractivity contribution in [1.82, 2.24) is 5.32 Å². The maximum Gasteiger partial charge on any atom is 0.287 e. The Balaban J connectivity index is 2.49. The van der Waals surface area contributed by atoms with E-state index in [4.69, 9.17) is 4.42 Å². The van der Waals surface area contributed by atoms with Crippen molar-refractivity contribution in [3.05, 3.63) is 23.7 Å². The average molecular weight is 189 g/mol. The molecule has 1 rings (SSSR count). The van der Waals surface area contributed by atoms with Crippen molar-refractivity contribution in [2.45, 2.75) is 13.3 Å². The molecule has 0 bridgehead atoms. The Hall–Kier alpha value is -1.39. The van der Waals surface area contributed by atoms with Crippen molar-refractivity contribution < 1.29 is 18.0 Å². The molecule has 1 aromatic rings. The Morgan fingerprint density at radius 1 is 1.62 bits per heavy atom. The van der Waals surface area contributed by atoms with Crippen LogP contribution in [0.5, 0.6) is 0 Å². The molecule has 1 heterocycles. The van der Waals surface area contributed by atoms with Crippen LogP contribution in [0.2, 0.25) is 0 Å². The van der Waals surface area contributed by atoms with Crippen molar-refractivity contribution in [2.24, 2.45) is 0 Å². The van der Waals surface area contributed by atoms with Crippen molar-refractivity contribution >= 4 is 5.91 Å². The number of carbonyl (C=O) groups is 1. The summed E-state index contributed by atoms with van der Waals surface area (Å²) in [4.78, 5) is 11.0. The summed E-state index contributed by atoms with van der Waals surface area (Å²) < 4.78 is 28.3. The fourth-order valence-electron chi connectivity index (χ4n) is 0.814. The second-order valence-corrected chi connectivity index (χ2v) is 2.51. The second kappa shape index (κ2) is 4.02. The summed E-state index contributed by atoms with van der Waals surface area (Å²) in [5, 5.41) is 2.03. The molecule has 0 atom stereocenters. The molecule has 0 fully saturated rings. The number of rotatable bonds is 3. The summed E-state index contributed by atoms with van der Waals surface area (Å²) in [6, 6.07) is 3.04. The predicted molar refractivity (Wildman–Crippen MR) is 41.8 cm³/mol. The first-order valence-electron chi connectivity index (χ1n) is 3.72. The highest BCUT2D eigenvalue weighted by Gasteiger charge is 2.11. The molecule has 0 saturated carbocycles. The largest absolute Gasteiger partial charge is 0.456 e. The summed E-state index contributed by atoms with van der Waals surface area (Å²) >= 11 is 0. The topological polar surface area (TPSA) is 42.2 Å². The highest BCUT2D eigenvalue weighted by Crippen LogP contribution is 2.05. The van der Waals surface area contributed by atoms with Gasteiger partial charge in [0, 0.05) is 0 Å². The number of alkyl halides is 2. The molecule has 13 heavy (non-hydrogen) atoms. The highest BCUT2D eigenvalue weighted by molar-refractivity contribution is 5.91. The van der Waals surface area contributed by atoms with E-state index in [2.05, 4.69) is 0 Å². The maximum absolute atomic E-state index is 11.7. The van der Waals surface area contributed by atoms with E-state index in [1.165, 1.54) is 6.07 Å². The molecule has 0 aliphatic rings. The normalized spacial score (nSPS) is 10.5. The van der Waals surface area contributed by atoms with Crippen LogP contribution >= 0.6 is 0 Å². The molecule has 0 aliphatic heterocycles. The molecular formula is C8H9F2NO2. The van der Waals surface area contributed by atoms with Gasteiger partial charge in [0.2, 0.25) is 0 Å². The quantitative estimate of drug-likeness (QED) is 0.784. The van der Waals surface area contributed by atoms with Gasteiger partial charge in [-0.2, -0.15) is 0 Å². The number of amides is 1. The van der Waals surface area contributed by atoms with Crippen LogP contribution in [0.3, 0.4) is 0 Å². The van der Waals surface area contributed by atoms with Crippen LogP contribution in [-0.2, 0) is 0 Å². The molecular weight excluding hydrogens is 180 g/mol. The molecule has 5 heteroatoms. The first-order valence-corrected chi connectivity index (χ1v) is 3.72. The minimum Gasteiger partial charge on any atom is -0.456 e. The zero-order valence-corrected chi connectivity index (χ0v) is 7.01. The Kier molecular flexibility index (Phi) is 3.00. The number of nitrogens with one attached hydrogen (secondary N) is 1. The van der Waals surface area contributed by atoms with E-state index in [0.717, 1.165) is 0 Å². The molecule has 72 valence electrons. The molecule has 0 radical (unpaired) electrons. The van der Waals surface area contributed by atoms with E-state index < -0.39 is 18.9 Å². The third-order valence-corrected chi connectivity index (χ3v) is 1.38. The molecule has 1 N–H and O–H groups in total. The number of halogens is 2. The molecule has 0 unspecified atom stereocenters. The van der Waals surface area contributed by atoms with Crippen LogP contribution < -0.4 is 5.32 Å². The van der Waals surface area contributed by atoms with Gasteiger partial charge in [-0.15, -0.1) is 0 Å². The third-order valence-electron chi connectivity index (χ3n) is 1.38. The fraction of sp³-hybridized carbons (Fsp3) is 0.375. The fourth-order valence-corrected chi connectivity index (χ4v) is 0.814. The molecule has 1 amide bonds. The number of furan rings is 1. The number of carbonyl (C=O) groups excluding carboxylic acids is 1. The molecule has 0 saturated heterocycles. The lowest BCUT2D eigenvalue weighted by Gasteiger charge is -2.00. The minimum absolute atomic E-state index is 0.0538. The van der Waals surface area contributed by atoms with E-state index in [9.17, 15) is 13.6 Å². The second-order valence-electron chi connectivity index (χ2n) is 2.51. The molecule has 3 nitrogen and oxygen atoms in total. The first-order chi connectivity index (χ1) is 6.09. The van der Waals surface area contributed by atoms with Gasteiger partial charge in [0.15, 0.2) is 5.76 Å². The summed E-state index contributed by atoms with van der Waals surface area (Å²) in [5.74, 6) is 0.00810. The summed E-state index contributed by atoms with van der Waals surface area (Å²) in [7, 11) is 0. The standard InChI is InChI=1S/C8H9F2NO2/c1-5-2-3-6(13-5)8(12)11-4-7(9)10/h2-3,7H,4H2,1H3,(H,11,12). The molecule has 1 aromatic heterocycles. The Morgan fingerprint density at radius 2 is 2.31 bits per heavy atom. The third kappa shape index (κ3) is 2.85. The van der Waals surface area contributed by atoms with Crippen molar-refractivity contribution in [3.8, 4) is 0 Å². The average Bonchev–Trinajstić information content (AvgIpc) is 2.47. The van der Waals surface area contributed by atoms with Gasteiger partial charge >= 0.3 is 0 Å². The monoisotopic (exact) mass is 189 g/mol.